The van der Waals surface area contributed by atoms with E-state index in [9.17, 15) is 4.79 Å². The number of nitrogen functional groups attached to an aromatic ring is 1. The van der Waals surface area contributed by atoms with Crippen molar-refractivity contribution in [3.8, 4) is 0 Å². The van der Waals surface area contributed by atoms with Crippen LogP contribution in [0.3, 0.4) is 0 Å². The maximum absolute atomic E-state index is 12.5. The Labute approximate surface area is 121 Å². The van der Waals surface area contributed by atoms with Crippen LogP contribution in [0.5, 0.6) is 0 Å². The van der Waals surface area contributed by atoms with Gasteiger partial charge in [-0.15, -0.1) is 0 Å². The van der Waals surface area contributed by atoms with Crippen LogP contribution in [0.4, 0.5) is 11.4 Å². The van der Waals surface area contributed by atoms with Crippen LogP contribution in [0.25, 0.3) is 0 Å². The zero-order valence-electron chi connectivity index (χ0n) is 10.9. The standard InChI is InChI=1S/C15H15BrN2O/c1-10-5-3-4-6-12(10)15(19)18(2)14-8-7-11(16)9-13(14)17/h3-9H,17H2,1-2H3. The predicted molar refractivity (Wildman–Crippen MR) is 82.5 cm³/mol. The van der Waals surface area contributed by atoms with Crippen molar-refractivity contribution in [1.82, 2.24) is 0 Å². The summed E-state index contributed by atoms with van der Waals surface area (Å²) in [6, 6.07) is 13.0. The number of benzene rings is 2. The number of rotatable bonds is 2. The Morgan fingerprint density at radius 2 is 1.89 bits per heavy atom. The molecule has 2 rings (SSSR count). The van der Waals surface area contributed by atoms with E-state index in [2.05, 4.69) is 15.9 Å². The van der Waals surface area contributed by atoms with Gasteiger partial charge in [-0.05, 0) is 36.8 Å². The third kappa shape index (κ3) is 2.79. The van der Waals surface area contributed by atoms with Gasteiger partial charge < -0.3 is 10.6 Å². The van der Waals surface area contributed by atoms with Gasteiger partial charge in [0.15, 0.2) is 0 Å². The molecule has 2 aromatic rings. The molecule has 0 saturated carbocycles. The van der Waals surface area contributed by atoms with Crippen molar-refractivity contribution < 1.29 is 4.79 Å². The quantitative estimate of drug-likeness (QED) is 0.860. The molecule has 3 nitrogen and oxygen atoms in total. The Morgan fingerprint density at radius 3 is 2.53 bits per heavy atom. The van der Waals surface area contributed by atoms with Gasteiger partial charge in [0, 0.05) is 17.1 Å². The van der Waals surface area contributed by atoms with Gasteiger partial charge in [-0.1, -0.05) is 34.1 Å². The van der Waals surface area contributed by atoms with E-state index in [0.29, 0.717) is 16.9 Å². The van der Waals surface area contributed by atoms with Gasteiger partial charge >= 0.3 is 0 Å². The van der Waals surface area contributed by atoms with Crippen LogP contribution in [0.15, 0.2) is 46.9 Å². The highest BCUT2D eigenvalue weighted by Crippen LogP contribution is 2.27. The Hall–Kier alpha value is -1.81. The first-order valence-corrected chi connectivity index (χ1v) is 6.68. The third-order valence-electron chi connectivity index (χ3n) is 3.03. The normalized spacial score (nSPS) is 10.3. The minimum Gasteiger partial charge on any atom is -0.397 e. The monoisotopic (exact) mass is 318 g/mol. The number of carbonyl (C=O) groups is 1. The summed E-state index contributed by atoms with van der Waals surface area (Å²) >= 11 is 3.36. The smallest absolute Gasteiger partial charge is 0.258 e. The average molecular weight is 319 g/mol. The number of aryl methyl sites for hydroxylation is 1. The molecule has 0 aliphatic carbocycles. The van der Waals surface area contributed by atoms with Crippen molar-refractivity contribution in [1.29, 1.82) is 0 Å². The van der Waals surface area contributed by atoms with E-state index in [1.165, 1.54) is 0 Å². The summed E-state index contributed by atoms with van der Waals surface area (Å²) in [6.07, 6.45) is 0. The number of carbonyl (C=O) groups excluding carboxylic acids is 1. The van der Waals surface area contributed by atoms with Crippen molar-refractivity contribution >= 4 is 33.2 Å². The second-order valence-electron chi connectivity index (χ2n) is 4.38. The highest BCUT2D eigenvalue weighted by molar-refractivity contribution is 9.10. The molecule has 0 atom stereocenters. The van der Waals surface area contributed by atoms with E-state index >= 15 is 0 Å². The molecule has 0 radical (unpaired) electrons. The molecule has 1 amide bonds. The van der Waals surface area contributed by atoms with E-state index < -0.39 is 0 Å². The molecule has 0 aliphatic heterocycles. The summed E-state index contributed by atoms with van der Waals surface area (Å²) in [7, 11) is 1.73. The zero-order chi connectivity index (χ0) is 14.0. The number of anilines is 2. The summed E-state index contributed by atoms with van der Waals surface area (Å²) in [5.41, 5.74) is 8.87. The fourth-order valence-electron chi connectivity index (χ4n) is 1.93. The lowest BCUT2D eigenvalue weighted by Crippen LogP contribution is -2.27. The summed E-state index contributed by atoms with van der Waals surface area (Å²) < 4.78 is 0.894. The molecule has 0 spiro atoms. The molecule has 0 heterocycles. The van der Waals surface area contributed by atoms with Gasteiger partial charge in [-0.3, -0.25) is 4.79 Å². The number of hydrogen-bond donors (Lipinski definition) is 1. The number of nitrogens with two attached hydrogens (primary N) is 1. The van der Waals surface area contributed by atoms with E-state index in [4.69, 9.17) is 5.73 Å². The summed E-state index contributed by atoms with van der Waals surface area (Å²) in [4.78, 5) is 14.0. The first-order chi connectivity index (χ1) is 9.00. The Kier molecular flexibility index (Phi) is 3.90. The minimum atomic E-state index is -0.0628. The van der Waals surface area contributed by atoms with Gasteiger partial charge in [0.2, 0.25) is 0 Å². The first-order valence-electron chi connectivity index (χ1n) is 5.89. The molecule has 2 aromatic carbocycles. The fraction of sp³-hybridized carbons (Fsp3) is 0.133. The van der Waals surface area contributed by atoms with Crippen LogP contribution in [0, 0.1) is 6.92 Å². The van der Waals surface area contributed by atoms with E-state index in [0.717, 1.165) is 10.0 Å². The molecule has 0 fully saturated rings. The topological polar surface area (TPSA) is 46.3 Å². The maximum Gasteiger partial charge on any atom is 0.258 e. The maximum atomic E-state index is 12.5. The molecule has 2 N–H and O–H groups in total. The summed E-state index contributed by atoms with van der Waals surface area (Å²) in [5.74, 6) is -0.0628. The molecule has 98 valence electrons. The largest absolute Gasteiger partial charge is 0.397 e. The highest BCUT2D eigenvalue weighted by atomic mass is 79.9. The van der Waals surface area contributed by atoms with Gasteiger partial charge in [0.1, 0.15) is 0 Å². The summed E-state index contributed by atoms with van der Waals surface area (Å²) in [5, 5.41) is 0. The third-order valence-corrected chi connectivity index (χ3v) is 3.52. The lowest BCUT2D eigenvalue weighted by Gasteiger charge is -2.20. The summed E-state index contributed by atoms with van der Waals surface area (Å²) in [6.45, 7) is 1.92. The Morgan fingerprint density at radius 1 is 1.21 bits per heavy atom. The second-order valence-corrected chi connectivity index (χ2v) is 5.30. The molecular formula is C15H15BrN2O. The van der Waals surface area contributed by atoms with Crippen molar-refractivity contribution in [2.75, 3.05) is 17.7 Å². The van der Waals surface area contributed by atoms with Crippen LogP contribution in [-0.4, -0.2) is 13.0 Å². The predicted octanol–water partition coefficient (Wildman–Crippen LogP) is 3.62. The fourth-order valence-corrected chi connectivity index (χ4v) is 2.31. The molecule has 4 heteroatoms. The zero-order valence-corrected chi connectivity index (χ0v) is 12.4. The lowest BCUT2D eigenvalue weighted by molar-refractivity contribution is 0.0992. The van der Waals surface area contributed by atoms with Gasteiger partial charge in [0.05, 0.1) is 11.4 Å². The number of halogens is 1. The van der Waals surface area contributed by atoms with Crippen molar-refractivity contribution in [2.24, 2.45) is 0 Å². The molecular weight excluding hydrogens is 304 g/mol. The van der Waals surface area contributed by atoms with Crippen molar-refractivity contribution in [2.45, 2.75) is 6.92 Å². The van der Waals surface area contributed by atoms with Gasteiger partial charge in [-0.2, -0.15) is 0 Å². The van der Waals surface area contributed by atoms with Crippen LogP contribution >= 0.6 is 15.9 Å². The van der Waals surface area contributed by atoms with E-state index in [-0.39, 0.29) is 5.91 Å². The average Bonchev–Trinajstić information content (AvgIpc) is 2.38. The van der Waals surface area contributed by atoms with E-state index in [1.807, 2.05) is 43.3 Å². The Bertz CT molecular complexity index is 625. The molecule has 0 aromatic heterocycles. The van der Waals surface area contributed by atoms with Crippen molar-refractivity contribution in [3.63, 3.8) is 0 Å². The molecule has 0 bridgehead atoms. The van der Waals surface area contributed by atoms with E-state index in [1.54, 1.807) is 18.0 Å². The Balaban J connectivity index is 2.37. The van der Waals surface area contributed by atoms with Crippen LogP contribution in [0.1, 0.15) is 15.9 Å². The number of hydrogen-bond acceptors (Lipinski definition) is 2. The van der Waals surface area contributed by atoms with Crippen LogP contribution < -0.4 is 10.6 Å². The molecule has 0 aliphatic rings. The highest BCUT2D eigenvalue weighted by Gasteiger charge is 2.17. The lowest BCUT2D eigenvalue weighted by atomic mass is 10.1. The van der Waals surface area contributed by atoms with Gasteiger partial charge in [-0.25, -0.2) is 0 Å². The van der Waals surface area contributed by atoms with Crippen molar-refractivity contribution in [3.05, 3.63) is 58.1 Å². The number of nitrogens with zero attached hydrogens (tertiary/aromatic N) is 1. The van der Waals surface area contributed by atoms with Crippen LogP contribution in [0.2, 0.25) is 0 Å². The minimum absolute atomic E-state index is 0.0628. The van der Waals surface area contributed by atoms with Gasteiger partial charge in [0.25, 0.3) is 5.91 Å². The SMILES string of the molecule is Cc1ccccc1C(=O)N(C)c1ccc(Br)cc1N. The second kappa shape index (κ2) is 5.45. The molecule has 0 unspecified atom stereocenters. The van der Waals surface area contributed by atoms with Crippen LogP contribution in [-0.2, 0) is 0 Å². The molecule has 0 saturated heterocycles. The number of amides is 1. The first kappa shape index (κ1) is 13.6. The molecule has 19 heavy (non-hydrogen) atoms.